The number of hydrogen-bond acceptors (Lipinski definition) is 3. The first-order valence-corrected chi connectivity index (χ1v) is 7.45. The zero-order valence-corrected chi connectivity index (χ0v) is 13.1. The van der Waals surface area contributed by atoms with Crippen molar-refractivity contribution in [1.29, 1.82) is 0 Å². The van der Waals surface area contributed by atoms with Gasteiger partial charge in [0.1, 0.15) is 5.82 Å². The van der Waals surface area contributed by atoms with E-state index in [4.69, 9.17) is 0 Å². The lowest BCUT2D eigenvalue weighted by atomic mass is 10.1. The van der Waals surface area contributed by atoms with Gasteiger partial charge in [-0.15, -0.1) is 0 Å². The molecule has 1 aromatic rings. The Morgan fingerprint density at radius 1 is 1.21 bits per heavy atom. The van der Waals surface area contributed by atoms with E-state index < -0.39 is 0 Å². The predicted molar refractivity (Wildman–Crippen MR) is 83.4 cm³/mol. The molecule has 1 heterocycles. The fourth-order valence-corrected chi connectivity index (χ4v) is 2.04. The van der Waals surface area contributed by atoms with Gasteiger partial charge in [-0.25, -0.2) is 4.98 Å². The molecule has 0 saturated heterocycles. The van der Waals surface area contributed by atoms with Crippen LogP contribution in [0, 0.1) is 5.92 Å². The van der Waals surface area contributed by atoms with Gasteiger partial charge in [-0.05, 0) is 37.8 Å². The van der Waals surface area contributed by atoms with E-state index in [1.165, 1.54) is 5.56 Å². The van der Waals surface area contributed by atoms with Crippen LogP contribution in [-0.4, -0.2) is 29.0 Å². The second-order valence-electron chi connectivity index (χ2n) is 5.90. The molecule has 108 valence electrons. The van der Waals surface area contributed by atoms with E-state index >= 15 is 0 Å². The topological polar surface area (TPSA) is 28.2 Å². The van der Waals surface area contributed by atoms with Crippen LogP contribution in [0.1, 0.15) is 46.6 Å². The first-order valence-electron chi connectivity index (χ1n) is 7.45. The number of nitrogens with zero attached hydrogens (tertiary/aromatic N) is 2. The molecule has 0 aliphatic rings. The van der Waals surface area contributed by atoms with Crippen LogP contribution >= 0.6 is 0 Å². The van der Waals surface area contributed by atoms with Gasteiger partial charge in [-0.3, -0.25) is 4.90 Å². The van der Waals surface area contributed by atoms with Crippen molar-refractivity contribution in [2.75, 3.05) is 18.4 Å². The van der Waals surface area contributed by atoms with Crippen LogP contribution in [0.2, 0.25) is 0 Å². The third kappa shape index (κ3) is 6.06. The third-order valence-electron chi connectivity index (χ3n) is 3.10. The van der Waals surface area contributed by atoms with E-state index in [9.17, 15) is 0 Å². The molecule has 0 bridgehead atoms. The van der Waals surface area contributed by atoms with E-state index in [0.29, 0.717) is 12.0 Å². The van der Waals surface area contributed by atoms with Crippen molar-refractivity contribution in [3.05, 3.63) is 23.9 Å². The van der Waals surface area contributed by atoms with Crippen LogP contribution in [0.15, 0.2) is 18.3 Å². The minimum atomic E-state index is 0.570. The zero-order chi connectivity index (χ0) is 14.3. The monoisotopic (exact) mass is 263 g/mol. The van der Waals surface area contributed by atoms with Crippen molar-refractivity contribution in [3.8, 4) is 0 Å². The Kier molecular flexibility index (Phi) is 6.85. The molecule has 3 heteroatoms. The van der Waals surface area contributed by atoms with Gasteiger partial charge in [0.25, 0.3) is 0 Å². The molecular weight excluding hydrogens is 234 g/mol. The third-order valence-corrected chi connectivity index (χ3v) is 3.10. The maximum atomic E-state index is 4.47. The van der Waals surface area contributed by atoms with Gasteiger partial charge >= 0.3 is 0 Å². The smallest absolute Gasteiger partial charge is 0.125 e. The molecule has 0 unspecified atom stereocenters. The molecule has 1 N–H and O–H groups in total. The summed E-state index contributed by atoms with van der Waals surface area (Å²) >= 11 is 0. The van der Waals surface area contributed by atoms with Gasteiger partial charge in [0.2, 0.25) is 0 Å². The van der Waals surface area contributed by atoms with E-state index in [1.54, 1.807) is 0 Å². The average Bonchev–Trinajstić information content (AvgIpc) is 2.36. The normalized spacial score (nSPS) is 11.6. The van der Waals surface area contributed by atoms with E-state index in [2.05, 4.69) is 62.0 Å². The van der Waals surface area contributed by atoms with Crippen molar-refractivity contribution in [2.24, 2.45) is 5.92 Å². The predicted octanol–water partition coefficient (Wildman–Crippen LogP) is 3.77. The molecule has 1 aromatic heterocycles. The summed E-state index contributed by atoms with van der Waals surface area (Å²) in [5.74, 6) is 1.67. The summed E-state index contributed by atoms with van der Waals surface area (Å²) in [6.07, 6.45) is 3.12. The van der Waals surface area contributed by atoms with E-state index in [-0.39, 0.29) is 0 Å². The summed E-state index contributed by atoms with van der Waals surface area (Å²) in [7, 11) is 0. The van der Waals surface area contributed by atoms with Gasteiger partial charge in [-0.2, -0.15) is 0 Å². The lowest BCUT2D eigenvalue weighted by Gasteiger charge is -2.28. The molecule has 0 aromatic carbocycles. The summed E-state index contributed by atoms with van der Waals surface area (Å²) < 4.78 is 0. The summed E-state index contributed by atoms with van der Waals surface area (Å²) in [6.45, 7) is 14.3. The van der Waals surface area contributed by atoms with Crippen LogP contribution in [-0.2, 0) is 6.54 Å². The SMILES string of the molecule is CCCNc1ccc(CN(CC(C)C)C(C)C)cn1. The van der Waals surface area contributed by atoms with E-state index in [0.717, 1.165) is 31.9 Å². The molecule has 3 nitrogen and oxygen atoms in total. The van der Waals surface area contributed by atoms with Gasteiger partial charge < -0.3 is 5.32 Å². The minimum Gasteiger partial charge on any atom is -0.370 e. The molecular formula is C16H29N3. The number of hydrogen-bond donors (Lipinski definition) is 1. The molecule has 19 heavy (non-hydrogen) atoms. The largest absolute Gasteiger partial charge is 0.370 e. The summed E-state index contributed by atoms with van der Waals surface area (Å²) in [4.78, 5) is 6.97. The van der Waals surface area contributed by atoms with Crippen LogP contribution in [0.25, 0.3) is 0 Å². The Balaban J connectivity index is 2.59. The highest BCUT2D eigenvalue weighted by atomic mass is 15.1. The van der Waals surface area contributed by atoms with Crippen LogP contribution in [0.3, 0.4) is 0 Å². The van der Waals surface area contributed by atoms with Crippen molar-refractivity contribution in [1.82, 2.24) is 9.88 Å². The van der Waals surface area contributed by atoms with Crippen molar-refractivity contribution in [2.45, 2.75) is 53.6 Å². The standard InChI is InChI=1S/C16H29N3/c1-6-9-17-16-8-7-15(10-18-16)12-19(14(4)5)11-13(2)3/h7-8,10,13-14H,6,9,11-12H2,1-5H3,(H,17,18). The average molecular weight is 263 g/mol. The quantitative estimate of drug-likeness (QED) is 0.774. The summed E-state index contributed by atoms with van der Waals surface area (Å²) in [5, 5.41) is 3.31. The molecule has 0 spiro atoms. The van der Waals surface area contributed by atoms with Gasteiger partial charge in [-0.1, -0.05) is 26.8 Å². The highest BCUT2D eigenvalue weighted by Gasteiger charge is 2.11. The van der Waals surface area contributed by atoms with Gasteiger partial charge in [0.05, 0.1) is 0 Å². The fourth-order valence-electron chi connectivity index (χ4n) is 2.04. The van der Waals surface area contributed by atoms with Crippen molar-refractivity contribution >= 4 is 5.82 Å². The summed E-state index contributed by atoms with van der Waals surface area (Å²) in [5.41, 5.74) is 1.29. The Labute approximate surface area is 118 Å². The fraction of sp³-hybridized carbons (Fsp3) is 0.688. The maximum absolute atomic E-state index is 4.47. The van der Waals surface area contributed by atoms with Crippen molar-refractivity contribution < 1.29 is 0 Å². The first-order chi connectivity index (χ1) is 9.02. The molecule has 0 aliphatic carbocycles. The second kappa shape index (κ2) is 8.16. The first kappa shape index (κ1) is 16.0. The van der Waals surface area contributed by atoms with Crippen LogP contribution in [0.4, 0.5) is 5.82 Å². The zero-order valence-electron chi connectivity index (χ0n) is 13.1. The number of pyridine rings is 1. The van der Waals surface area contributed by atoms with Crippen LogP contribution < -0.4 is 5.32 Å². The molecule has 0 radical (unpaired) electrons. The molecule has 1 rings (SSSR count). The number of rotatable bonds is 8. The Morgan fingerprint density at radius 3 is 2.42 bits per heavy atom. The summed E-state index contributed by atoms with van der Waals surface area (Å²) in [6, 6.07) is 4.83. The maximum Gasteiger partial charge on any atom is 0.125 e. The Hall–Kier alpha value is -1.09. The van der Waals surface area contributed by atoms with Crippen molar-refractivity contribution in [3.63, 3.8) is 0 Å². The van der Waals surface area contributed by atoms with E-state index in [1.807, 2.05) is 6.20 Å². The highest BCUT2D eigenvalue weighted by molar-refractivity contribution is 5.35. The number of anilines is 1. The number of aromatic nitrogens is 1. The Bertz CT molecular complexity index is 344. The second-order valence-corrected chi connectivity index (χ2v) is 5.90. The molecule has 0 atom stereocenters. The van der Waals surface area contributed by atoms with Gasteiger partial charge in [0.15, 0.2) is 0 Å². The molecule has 0 aliphatic heterocycles. The lowest BCUT2D eigenvalue weighted by Crippen LogP contribution is -2.33. The highest BCUT2D eigenvalue weighted by Crippen LogP contribution is 2.12. The number of nitrogens with one attached hydrogen (secondary N) is 1. The molecule has 0 saturated carbocycles. The van der Waals surface area contributed by atoms with Crippen LogP contribution in [0.5, 0.6) is 0 Å². The molecule has 0 fully saturated rings. The Morgan fingerprint density at radius 2 is 1.95 bits per heavy atom. The minimum absolute atomic E-state index is 0.570. The lowest BCUT2D eigenvalue weighted by molar-refractivity contribution is 0.189. The molecule has 0 amide bonds. The van der Waals surface area contributed by atoms with Gasteiger partial charge in [0, 0.05) is 31.9 Å².